The molecule has 0 aliphatic rings. The van der Waals surface area contributed by atoms with Crippen LogP contribution < -0.4 is 0 Å². The Morgan fingerprint density at radius 1 is 1.12 bits per heavy atom. The van der Waals surface area contributed by atoms with Gasteiger partial charge in [-0.05, 0) is 17.4 Å². The van der Waals surface area contributed by atoms with Crippen LogP contribution in [-0.4, -0.2) is 24.0 Å². The molecular weight excluding hydrogens is 272 g/mol. The molecule has 0 aliphatic heterocycles. The third-order valence-corrected chi connectivity index (χ3v) is 5.66. The number of benzene rings is 1. The van der Waals surface area contributed by atoms with Crippen molar-refractivity contribution >= 4 is 26.2 Å². The average molecular weight is 283 g/mol. The van der Waals surface area contributed by atoms with Crippen LogP contribution >= 0.6 is 14.4 Å². The summed E-state index contributed by atoms with van der Waals surface area (Å²) in [7, 11) is -4.78. The molecule has 6 nitrogen and oxygen atoms in total. The van der Waals surface area contributed by atoms with Crippen LogP contribution in [0, 0.1) is 0 Å². The molecule has 0 aliphatic carbocycles. The summed E-state index contributed by atoms with van der Waals surface area (Å²) in [6.45, 7) is -4.47. The predicted octanol–water partition coefficient (Wildman–Crippen LogP) is 0.790. The second-order valence-electron chi connectivity index (χ2n) is 3.04. The molecule has 4 N–H and O–H groups in total. The van der Waals surface area contributed by atoms with Crippen LogP contribution in [-0.2, 0) is 22.9 Å². The van der Waals surface area contributed by atoms with E-state index in [1.54, 1.807) is 30.3 Å². The molecule has 0 fully saturated rings. The summed E-state index contributed by atoms with van der Waals surface area (Å²) < 4.78 is 11.3. The molecule has 0 atom stereocenters. The van der Waals surface area contributed by atoms with E-state index in [4.69, 9.17) is 9.79 Å². The Morgan fingerprint density at radius 3 is 2.00 bits per heavy atom. The molecule has 1 rings (SSSR count). The fourth-order valence-electron chi connectivity index (χ4n) is 1.08. The van der Waals surface area contributed by atoms with Crippen molar-refractivity contribution in [2.45, 2.75) is 6.54 Å². The van der Waals surface area contributed by atoms with E-state index in [1.807, 2.05) is 0 Å². The number of hydrogen-bond donors (Lipinski definition) is 4. The fraction of sp³-hybridized carbons (Fsp3) is 0.143. The van der Waals surface area contributed by atoms with Gasteiger partial charge >= 0.3 is 7.75 Å². The molecule has 0 unspecified atom stereocenters. The van der Waals surface area contributed by atoms with Gasteiger partial charge in [0.05, 0.1) is 0 Å². The van der Waals surface area contributed by atoms with E-state index in [9.17, 15) is 14.4 Å². The van der Waals surface area contributed by atoms with Crippen molar-refractivity contribution < 1.29 is 24.1 Å². The Balaban J connectivity index is 2.99. The zero-order valence-corrected chi connectivity index (χ0v) is 10.6. The molecule has 16 heavy (non-hydrogen) atoms. The molecule has 90 valence electrons. The Morgan fingerprint density at radius 2 is 1.62 bits per heavy atom. The number of hydrogen-bond acceptors (Lipinski definition) is 2. The minimum Gasteiger partial charge on any atom is -0.333 e. The number of nitrogens with zero attached hydrogens (tertiary/aromatic N) is 1. The van der Waals surface area contributed by atoms with E-state index in [-0.39, 0.29) is 11.0 Å². The van der Waals surface area contributed by atoms with Crippen molar-refractivity contribution in [1.29, 1.82) is 0 Å². The van der Waals surface area contributed by atoms with Crippen molar-refractivity contribution in [1.82, 2.24) is 4.44 Å². The standard InChI is InChI=1S/C7H11NO5P2S/c9-14(10,11)8(15(12,13)16)6-7-4-2-1-3-5-7/h1-5H,6H2,(H2,9,10,11)(H2,12,13,16). The maximum atomic E-state index is 11.0. The Hall–Kier alpha value is -0.100. The zero-order chi connectivity index (χ0) is 12.4. The molecule has 0 aromatic heterocycles. The summed E-state index contributed by atoms with van der Waals surface area (Å²) in [6.07, 6.45) is 0. The van der Waals surface area contributed by atoms with Gasteiger partial charge in [0.25, 0.3) is 6.64 Å². The lowest BCUT2D eigenvalue weighted by Crippen LogP contribution is -2.16. The molecular formula is C7H11NO5P2S. The third kappa shape index (κ3) is 4.05. The highest BCUT2D eigenvalue weighted by molar-refractivity contribution is 8.09. The Labute approximate surface area is 97.6 Å². The largest absolute Gasteiger partial charge is 0.410 e. The molecule has 0 saturated carbocycles. The van der Waals surface area contributed by atoms with Crippen molar-refractivity contribution in [3.63, 3.8) is 0 Å². The van der Waals surface area contributed by atoms with Crippen LogP contribution in [0.1, 0.15) is 5.56 Å². The molecule has 0 spiro atoms. The average Bonchev–Trinajstić information content (AvgIpc) is 2.12. The summed E-state index contributed by atoms with van der Waals surface area (Å²) in [5.41, 5.74) is 0.531. The first-order valence-electron chi connectivity index (χ1n) is 4.15. The first-order valence-corrected chi connectivity index (χ1v) is 8.37. The van der Waals surface area contributed by atoms with Crippen LogP contribution in [0.5, 0.6) is 0 Å². The van der Waals surface area contributed by atoms with Crippen molar-refractivity contribution in [3.05, 3.63) is 35.9 Å². The van der Waals surface area contributed by atoms with Gasteiger partial charge in [0.2, 0.25) is 0 Å². The van der Waals surface area contributed by atoms with Gasteiger partial charge in [0, 0.05) is 6.54 Å². The second-order valence-corrected chi connectivity index (χ2v) is 7.85. The van der Waals surface area contributed by atoms with Gasteiger partial charge in [-0.15, -0.1) is 4.44 Å². The van der Waals surface area contributed by atoms with E-state index in [2.05, 4.69) is 11.8 Å². The molecule has 0 radical (unpaired) electrons. The third-order valence-electron chi connectivity index (χ3n) is 1.77. The van der Waals surface area contributed by atoms with Crippen LogP contribution in [0.25, 0.3) is 0 Å². The normalized spacial score (nSPS) is 13.1. The predicted molar refractivity (Wildman–Crippen MR) is 62.8 cm³/mol. The van der Waals surface area contributed by atoms with Gasteiger partial charge in [-0.3, -0.25) is 0 Å². The molecule has 9 heteroatoms. The summed E-state index contributed by atoms with van der Waals surface area (Å²) in [4.78, 5) is 36.3. The summed E-state index contributed by atoms with van der Waals surface area (Å²) in [5.74, 6) is 0. The van der Waals surface area contributed by atoms with E-state index < -0.39 is 14.4 Å². The quantitative estimate of drug-likeness (QED) is 0.606. The monoisotopic (exact) mass is 283 g/mol. The maximum Gasteiger partial charge on any atom is 0.410 e. The molecule has 0 saturated heterocycles. The molecule has 0 bridgehead atoms. The zero-order valence-electron chi connectivity index (χ0n) is 8.04. The smallest absolute Gasteiger partial charge is 0.333 e. The van der Waals surface area contributed by atoms with Gasteiger partial charge < -0.3 is 19.6 Å². The van der Waals surface area contributed by atoms with Gasteiger partial charge in [-0.2, -0.15) is 0 Å². The van der Waals surface area contributed by atoms with E-state index in [1.165, 1.54) is 0 Å². The van der Waals surface area contributed by atoms with Gasteiger partial charge in [-0.25, -0.2) is 4.57 Å². The molecule has 1 aromatic carbocycles. The molecule has 1 aromatic rings. The van der Waals surface area contributed by atoms with Gasteiger partial charge in [-0.1, -0.05) is 30.3 Å². The van der Waals surface area contributed by atoms with Crippen LogP contribution in [0.15, 0.2) is 30.3 Å². The molecule has 0 heterocycles. The number of rotatable bonds is 4. The van der Waals surface area contributed by atoms with Gasteiger partial charge in [0.1, 0.15) is 0 Å². The van der Waals surface area contributed by atoms with E-state index >= 15 is 0 Å². The van der Waals surface area contributed by atoms with Gasteiger partial charge in [0.15, 0.2) is 0 Å². The second kappa shape index (κ2) is 5.04. The summed E-state index contributed by atoms with van der Waals surface area (Å²) >= 11 is 4.31. The first kappa shape index (κ1) is 14.0. The Kier molecular flexibility index (Phi) is 4.40. The van der Waals surface area contributed by atoms with Crippen molar-refractivity contribution in [3.8, 4) is 0 Å². The van der Waals surface area contributed by atoms with Crippen molar-refractivity contribution in [2.24, 2.45) is 0 Å². The van der Waals surface area contributed by atoms with Crippen LogP contribution in [0.2, 0.25) is 0 Å². The lowest BCUT2D eigenvalue weighted by Gasteiger charge is -2.26. The highest BCUT2D eigenvalue weighted by Gasteiger charge is 2.35. The summed E-state index contributed by atoms with van der Waals surface area (Å²) in [5, 5.41) is 0. The first-order chi connectivity index (χ1) is 7.21. The molecule has 0 amide bonds. The highest BCUT2D eigenvalue weighted by atomic mass is 32.5. The van der Waals surface area contributed by atoms with E-state index in [0.717, 1.165) is 0 Å². The Bertz CT molecular complexity index is 419. The van der Waals surface area contributed by atoms with Crippen LogP contribution in [0.4, 0.5) is 0 Å². The lowest BCUT2D eigenvalue weighted by molar-refractivity contribution is 0.298. The fourth-order valence-corrected chi connectivity index (χ4v) is 4.02. The topological polar surface area (TPSA) is 101 Å². The minimum absolute atomic E-state index is 0.241. The maximum absolute atomic E-state index is 11.0. The highest BCUT2D eigenvalue weighted by Crippen LogP contribution is 2.58. The van der Waals surface area contributed by atoms with Crippen LogP contribution in [0.3, 0.4) is 0 Å². The minimum atomic E-state index is -4.78. The SMILES string of the molecule is O=P(O)(O)N(Cc1ccccc1)P(O)(O)=S. The van der Waals surface area contributed by atoms with E-state index in [0.29, 0.717) is 5.56 Å². The van der Waals surface area contributed by atoms with Crippen molar-refractivity contribution in [2.75, 3.05) is 0 Å². The lowest BCUT2D eigenvalue weighted by atomic mass is 10.2. The summed E-state index contributed by atoms with van der Waals surface area (Å²) in [6, 6.07) is 8.29.